The molecule has 0 aliphatic heterocycles. The Bertz CT molecular complexity index is 242. The van der Waals surface area contributed by atoms with E-state index >= 15 is 0 Å². The summed E-state index contributed by atoms with van der Waals surface area (Å²) in [6.07, 6.45) is 0. The van der Waals surface area contributed by atoms with Crippen LogP contribution in [0, 0.1) is 0 Å². The molecule has 0 saturated carbocycles. The first kappa shape index (κ1) is 6.87. The highest BCUT2D eigenvalue weighted by atomic mass is 16.1. The fourth-order valence-corrected chi connectivity index (χ4v) is 0.718. The van der Waals surface area contributed by atoms with Crippen molar-refractivity contribution in [2.75, 3.05) is 0 Å². The Morgan fingerprint density at radius 2 is 1.80 bits per heavy atom. The Labute approximate surface area is 60.4 Å². The van der Waals surface area contributed by atoms with Crippen molar-refractivity contribution in [3.63, 3.8) is 0 Å². The molecule has 1 aromatic carbocycles. The lowest BCUT2D eigenvalue weighted by Crippen LogP contribution is -2.12. The SMILES string of the molecule is Bc1ccc(C(N)=O)cc1. The molecule has 0 spiro atoms. The maximum absolute atomic E-state index is 10.5. The van der Waals surface area contributed by atoms with Gasteiger partial charge in [0, 0.05) is 5.56 Å². The highest BCUT2D eigenvalue weighted by Crippen LogP contribution is 1.92. The predicted molar refractivity (Wildman–Crippen MR) is 43.1 cm³/mol. The van der Waals surface area contributed by atoms with E-state index in [1.54, 1.807) is 12.1 Å². The second-order valence-corrected chi connectivity index (χ2v) is 2.23. The third kappa shape index (κ3) is 1.38. The van der Waals surface area contributed by atoms with Gasteiger partial charge >= 0.3 is 0 Å². The van der Waals surface area contributed by atoms with Gasteiger partial charge in [-0.2, -0.15) is 0 Å². The summed E-state index contributed by atoms with van der Waals surface area (Å²) in [5.74, 6) is -0.375. The van der Waals surface area contributed by atoms with Crippen molar-refractivity contribution in [3.8, 4) is 0 Å². The lowest BCUT2D eigenvalue weighted by atomic mass is 9.95. The molecule has 2 N–H and O–H groups in total. The molecule has 0 bridgehead atoms. The molecule has 1 amide bonds. The minimum atomic E-state index is -0.375. The summed E-state index contributed by atoms with van der Waals surface area (Å²) in [4.78, 5) is 10.5. The summed E-state index contributed by atoms with van der Waals surface area (Å²) in [6, 6.07) is 7.16. The van der Waals surface area contributed by atoms with Crippen LogP contribution in [0.1, 0.15) is 10.4 Å². The van der Waals surface area contributed by atoms with Gasteiger partial charge in [-0.15, -0.1) is 0 Å². The van der Waals surface area contributed by atoms with Crippen LogP contribution in [-0.2, 0) is 0 Å². The molecular formula is C7H8BNO. The van der Waals surface area contributed by atoms with Gasteiger partial charge in [0.05, 0.1) is 0 Å². The number of benzene rings is 1. The van der Waals surface area contributed by atoms with Crippen molar-refractivity contribution in [3.05, 3.63) is 29.8 Å². The number of amides is 1. The summed E-state index contributed by atoms with van der Waals surface area (Å²) in [6.45, 7) is 0. The van der Waals surface area contributed by atoms with Crippen LogP contribution >= 0.6 is 0 Å². The largest absolute Gasteiger partial charge is 0.366 e. The molecule has 1 rings (SSSR count). The molecule has 0 fully saturated rings. The van der Waals surface area contributed by atoms with Crippen LogP contribution in [-0.4, -0.2) is 13.8 Å². The first-order chi connectivity index (χ1) is 4.70. The van der Waals surface area contributed by atoms with E-state index in [1.807, 2.05) is 20.0 Å². The molecule has 0 unspecified atom stereocenters. The fraction of sp³-hybridized carbons (Fsp3) is 0. The molecular weight excluding hydrogens is 125 g/mol. The molecule has 0 saturated heterocycles. The van der Waals surface area contributed by atoms with Crippen molar-refractivity contribution in [2.24, 2.45) is 5.73 Å². The zero-order chi connectivity index (χ0) is 7.56. The molecule has 0 heterocycles. The summed E-state index contributed by atoms with van der Waals surface area (Å²) < 4.78 is 0. The number of carbonyl (C=O) groups excluding carboxylic acids is 1. The predicted octanol–water partition coefficient (Wildman–Crippen LogP) is -0.956. The van der Waals surface area contributed by atoms with Crippen molar-refractivity contribution >= 4 is 19.2 Å². The third-order valence-electron chi connectivity index (χ3n) is 1.34. The Hall–Kier alpha value is -1.25. The van der Waals surface area contributed by atoms with E-state index in [0.717, 1.165) is 5.46 Å². The van der Waals surface area contributed by atoms with Gasteiger partial charge in [0.15, 0.2) is 0 Å². The van der Waals surface area contributed by atoms with Gasteiger partial charge in [0.1, 0.15) is 7.85 Å². The molecule has 50 valence electrons. The van der Waals surface area contributed by atoms with Crippen LogP contribution in [0.5, 0.6) is 0 Å². The number of rotatable bonds is 1. The van der Waals surface area contributed by atoms with Gasteiger partial charge < -0.3 is 5.73 Å². The minimum Gasteiger partial charge on any atom is -0.366 e. The van der Waals surface area contributed by atoms with Crippen molar-refractivity contribution in [1.82, 2.24) is 0 Å². The van der Waals surface area contributed by atoms with Crippen LogP contribution in [0.4, 0.5) is 0 Å². The maximum Gasteiger partial charge on any atom is 0.248 e. The molecule has 0 atom stereocenters. The fourth-order valence-electron chi connectivity index (χ4n) is 0.718. The molecule has 0 aliphatic carbocycles. The van der Waals surface area contributed by atoms with E-state index in [-0.39, 0.29) is 5.91 Å². The molecule has 0 radical (unpaired) electrons. The van der Waals surface area contributed by atoms with Crippen molar-refractivity contribution < 1.29 is 4.79 Å². The molecule has 1 aromatic rings. The van der Waals surface area contributed by atoms with E-state index in [9.17, 15) is 4.79 Å². The van der Waals surface area contributed by atoms with Gasteiger partial charge in [0.2, 0.25) is 5.91 Å². The second kappa shape index (κ2) is 2.56. The van der Waals surface area contributed by atoms with E-state index in [4.69, 9.17) is 5.73 Å². The van der Waals surface area contributed by atoms with Crippen LogP contribution in [0.3, 0.4) is 0 Å². The Morgan fingerprint density at radius 1 is 1.30 bits per heavy atom. The number of hydrogen-bond donors (Lipinski definition) is 1. The smallest absolute Gasteiger partial charge is 0.248 e. The van der Waals surface area contributed by atoms with Gasteiger partial charge in [-0.25, -0.2) is 0 Å². The summed E-state index contributed by atoms with van der Waals surface area (Å²) in [5.41, 5.74) is 6.72. The van der Waals surface area contributed by atoms with Gasteiger partial charge in [0.25, 0.3) is 0 Å². The van der Waals surface area contributed by atoms with E-state index in [2.05, 4.69) is 0 Å². The molecule has 3 heteroatoms. The van der Waals surface area contributed by atoms with Crippen LogP contribution in [0.25, 0.3) is 0 Å². The standard InChI is InChI=1S/C7H8BNO/c8-6-3-1-5(2-4-6)7(9)10/h1-4H,8H2,(H2,9,10). The Balaban J connectivity index is 3.00. The monoisotopic (exact) mass is 133 g/mol. The number of primary amides is 1. The maximum atomic E-state index is 10.5. The van der Waals surface area contributed by atoms with E-state index in [1.165, 1.54) is 0 Å². The van der Waals surface area contributed by atoms with Crippen LogP contribution < -0.4 is 11.2 Å². The van der Waals surface area contributed by atoms with Crippen molar-refractivity contribution in [1.29, 1.82) is 0 Å². The lowest BCUT2D eigenvalue weighted by Gasteiger charge is -1.93. The highest BCUT2D eigenvalue weighted by molar-refractivity contribution is 6.32. The summed E-state index contributed by atoms with van der Waals surface area (Å²) in [7, 11) is 1.96. The van der Waals surface area contributed by atoms with Crippen LogP contribution in [0.2, 0.25) is 0 Å². The first-order valence-electron chi connectivity index (χ1n) is 3.06. The topological polar surface area (TPSA) is 43.1 Å². The summed E-state index contributed by atoms with van der Waals surface area (Å²) in [5, 5.41) is 0. The normalized spacial score (nSPS) is 9.20. The molecule has 0 aliphatic rings. The molecule has 10 heavy (non-hydrogen) atoms. The first-order valence-corrected chi connectivity index (χ1v) is 3.06. The number of hydrogen-bond acceptors (Lipinski definition) is 1. The Kier molecular flexibility index (Phi) is 1.76. The molecule has 0 aromatic heterocycles. The van der Waals surface area contributed by atoms with Gasteiger partial charge in [-0.3, -0.25) is 4.79 Å². The highest BCUT2D eigenvalue weighted by Gasteiger charge is 1.95. The summed E-state index contributed by atoms with van der Waals surface area (Å²) >= 11 is 0. The number of carbonyl (C=O) groups is 1. The number of nitrogens with two attached hydrogens (primary N) is 1. The molecule has 2 nitrogen and oxygen atoms in total. The minimum absolute atomic E-state index is 0.375. The van der Waals surface area contributed by atoms with Crippen molar-refractivity contribution in [2.45, 2.75) is 0 Å². The average molecular weight is 133 g/mol. The van der Waals surface area contributed by atoms with Gasteiger partial charge in [-0.1, -0.05) is 29.7 Å². The quantitative estimate of drug-likeness (QED) is 0.492. The third-order valence-corrected chi connectivity index (χ3v) is 1.34. The zero-order valence-electron chi connectivity index (χ0n) is 5.79. The average Bonchev–Trinajstić information content (AvgIpc) is 1.88. The second-order valence-electron chi connectivity index (χ2n) is 2.23. The van der Waals surface area contributed by atoms with E-state index < -0.39 is 0 Å². The Morgan fingerprint density at radius 3 is 2.20 bits per heavy atom. The lowest BCUT2D eigenvalue weighted by molar-refractivity contribution is 0.100. The van der Waals surface area contributed by atoms with E-state index in [0.29, 0.717) is 5.56 Å². The zero-order valence-corrected chi connectivity index (χ0v) is 5.79. The van der Waals surface area contributed by atoms with Crippen LogP contribution in [0.15, 0.2) is 24.3 Å². The van der Waals surface area contributed by atoms with Gasteiger partial charge in [-0.05, 0) is 0 Å².